The van der Waals surface area contributed by atoms with E-state index >= 15 is 0 Å². The number of nitrogens with zero attached hydrogens (tertiary/aromatic N) is 2. The maximum Gasteiger partial charge on any atom is 0.354 e. The highest BCUT2D eigenvalue weighted by molar-refractivity contribution is 6.36. The molecular weight excluding hydrogens is 264 g/mol. The van der Waals surface area contributed by atoms with Crippen molar-refractivity contribution < 1.29 is 9.53 Å². The number of benzene rings is 1. The van der Waals surface area contributed by atoms with Crippen molar-refractivity contribution in [1.29, 1.82) is 0 Å². The fourth-order valence-corrected chi connectivity index (χ4v) is 2.49. The van der Waals surface area contributed by atoms with Crippen LogP contribution in [0, 0.1) is 0 Å². The number of rotatable bonds is 3. The minimum absolute atomic E-state index is 0.110. The molecule has 1 unspecified atom stereocenters. The van der Waals surface area contributed by atoms with E-state index in [-0.39, 0.29) is 17.4 Å². The van der Waals surface area contributed by atoms with E-state index in [1.807, 2.05) is 12.1 Å². The fraction of sp³-hybridized carbons (Fsp3) is 0.529. The molecule has 1 aliphatic heterocycles. The van der Waals surface area contributed by atoms with E-state index in [1.54, 1.807) is 6.92 Å². The van der Waals surface area contributed by atoms with Gasteiger partial charge in [0.25, 0.3) is 0 Å². The van der Waals surface area contributed by atoms with E-state index in [0.717, 1.165) is 0 Å². The zero-order valence-electron chi connectivity index (χ0n) is 13.5. The highest BCUT2D eigenvalue weighted by Crippen LogP contribution is 2.31. The molecule has 0 aromatic heterocycles. The van der Waals surface area contributed by atoms with E-state index < -0.39 is 0 Å². The van der Waals surface area contributed by atoms with Crippen molar-refractivity contribution in [1.82, 2.24) is 5.01 Å². The quantitative estimate of drug-likeness (QED) is 0.802. The summed E-state index contributed by atoms with van der Waals surface area (Å²) in [5.74, 6) is -0.307. The van der Waals surface area contributed by atoms with Crippen LogP contribution in [0.3, 0.4) is 0 Å². The van der Waals surface area contributed by atoms with Gasteiger partial charge in [0.05, 0.1) is 12.6 Å². The van der Waals surface area contributed by atoms with E-state index in [1.165, 1.54) is 11.1 Å². The van der Waals surface area contributed by atoms with E-state index in [9.17, 15) is 4.79 Å². The molecule has 1 atom stereocenters. The Morgan fingerprint density at radius 1 is 1.33 bits per heavy atom. The third-order valence-electron chi connectivity index (χ3n) is 3.79. The number of hydrogen-bond acceptors (Lipinski definition) is 4. The Morgan fingerprint density at radius 3 is 2.48 bits per heavy atom. The Bertz CT molecular complexity index is 541. The topological polar surface area (TPSA) is 41.9 Å². The molecule has 1 aliphatic rings. The molecule has 0 spiro atoms. The van der Waals surface area contributed by atoms with Crippen LogP contribution in [0.15, 0.2) is 29.4 Å². The highest BCUT2D eigenvalue weighted by atomic mass is 16.5. The number of hydrazone groups is 1. The average molecular weight is 288 g/mol. The Balaban J connectivity index is 2.12. The second-order valence-electron chi connectivity index (χ2n) is 6.43. The van der Waals surface area contributed by atoms with Crippen molar-refractivity contribution >= 4 is 11.7 Å². The lowest BCUT2D eigenvalue weighted by Gasteiger charge is -2.22. The van der Waals surface area contributed by atoms with Crippen LogP contribution >= 0.6 is 0 Å². The maximum absolute atomic E-state index is 11.8. The summed E-state index contributed by atoms with van der Waals surface area (Å²) < 4.78 is 5.03. The lowest BCUT2D eigenvalue weighted by atomic mass is 9.86. The predicted molar refractivity (Wildman–Crippen MR) is 84.3 cm³/mol. The smallest absolute Gasteiger partial charge is 0.354 e. The molecule has 0 saturated carbocycles. The van der Waals surface area contributed by atoms with Crippen LogP contribution in [-0.2, 0) is 14.9 Å². The molecule has 0 fully saturated rings. The monoisotopic (exact) mass is 288 g/mol. The second kappa shape index (κ2) is 5.88. The fourth-order valence-electron chi connectivity index (χ4n) is 2.49. The number of ether oxygens (including phenoxy) is 1. The molecule has 2 rings (SSSR count). The standard InChI is InChI=1S/C17H24N2O2/c1-6-21-16(20)14-11-15(19(5)18-14)12-7-9-13(10-8-12)17(2,3)4/h7-10,15H,6,11H2,1-5H3. The van der Waals surface area contributed by atoms with E-state index in [4.69, 9.17) is 4.74 Å². The molecule has 1 aromatic carbocycles. The van der Waals surface area contributed by atoms with Crippen LogP contribution in [0.2, 0.25) is 0 Å². The normalized spacial score (nSPS) is 18.6. The van der Waals surface area contributed by atoms with Crippen molar-refractivity contribution in [3.8, 4) is 0 Å². The molecule has 21 heavy (non-hydrogen) atoms. The third kappa shape index (κ3) is 3.43. The molecular formula is C17H24N2O2. The van der Waals surface area contributed by atoms with Gasteiger partial charge in [-0.15, -0.1) is 0 Å². The Labute approximate surface area is 126 Å². The molecule has 1 heterocycles. The lowest BCUT2D eigenvalue weighted by molar-refractivity contribution is -0.135. The van der Waals surface area contributed by atoms with Gasteiger partial charge in [0.2, 0.25) is 0 Å². The first kappa shape index (κ1) is 15.5. The van der Waals surface area contributed by atoms with Crippen molar-refractivity contribution in [3.63, 3.8) is 0 Å². The molecule has 114 valence electrons. The average Bonchev–Trinajstić information content (AvgIpc) is 2.80. The molecule has 1 aromatic rings. The van der Waals surface area contributed by atoms with Crippen LogP contribution in [0.4, 0.5) is 0 Å². The van der Waals surface area contributed by atoms with Gasteiger partial charge in [-0.3, -0.25) is 5.01 Å². The van der Waals surface area contributed by atoms with Gasteiger partial charge in [-0.1, -0.05) is 45.0 Å². The SMILES string of the molecule is CCOC(=O)C1=NN(C)C(c2ccc(C(C)(C)C)cc2)C1. The maximum atomic E-state index is 11.8. The summed E-state index contributed by atoms with van der Waals surface area (Å²) >= 11 is 0. The van der Waals surface area contributed by atoms with Crippen molar-refractivity contribution in [3.05, 3.63) is 35.4 Å². The van der Waals surface area contributed by atoms with Crippen molar-refractivity contribution in [2.24, 2.45) is 5.10 Å². The first-order valence-corrected chi connectivity index (χ1v) is 7.40. The summed E-state index contributed by atoms with van der Waals surface area (Å²) in [6.45, 7) is 8.79. The number of carbonyl (C=O) groups is 1. The van der Waals surface area contributed by atoms with Crippen LogP contribution in [-0.4, -0.2) is 30.3 Å². The van der Waals surface area contributed by atoms with Gasteiger partial charge in [0.15, 0.2) is 0 Å². The Hall–Kier alpha value is -1.84. The summed E-state index contributed by atoms with van der Waals surface area (Å²) in [6.07, 6.45) is 0.601. The molecule has 0 N–H and O–H groups in total. The predicted octanol–water partition coefficient (Wildman–Crippen LogP) is 3.28. The van der Waals surface area contributed by atoms with Gasteiger partial charge in [-0.2, -0.15) is 5.10 Å². The molecule has 0 bridgehead atoms. The summed E-state index contributed by atoms with van der Waals surface area (Å²) in [5.41, 5.74) is 3.13. The van der Waals surface area contributed by atoms with E-state index in [0.29, 0.717) is 18.7 Å². The van der Waals surface area contributed by atoms with Gasteiger partial charge in [-0.05, 0) is 23.5 Å². The first-order valence-electron chi connectivity index (χ1n) is 7.40. The minimum Gasteiger partial charge on any atom is -0.461 e. The van der Waals surface area contributed by atoms with Gasteiger partial charge in [-0.25, -0.2) is 4.79 Å². The van der Waals surface area contributed by atoms with Crippen LogP contribution in [0.5, 0.6) is 0 Å². The summed E-state index contributed by atoms with van der Waals surface area (Å²) in [6, 6.07) is 8.69. The first-order chi connectivity index (χ1) is 9.82. The number of carbonyl (C=O) groups excluding carboxylic acids is 1. The Morgan fingerprint density at radius 2 is 1.95 bits per heavy atom. The van der Waals surface area contributed by atoms with Gasteiger partial charge >= 0.3 is 5.97 Å². The van der Waals surface area contributed by atoms with Gasteiger partial charge < -0.3 is 4.74 Å². The molecule has 0 aliphatic carbocycles. The lowest BCUT2D eigenvalue weighted by Crippen LogP contribution is -2.17. The van der Waals surface area contributed by atoms with Crippen LogP contribution in [0.25, 0.3) is 0 Å². The largest absolute Gasteiger partial charge is 0.461 e. The van der Waals surface area contributed by atoms with Crippen LogP contribution in [0.1, 0.15) is 51.3 Å². The molecule has 0 saturated heterocycles. The summed E-state index contributed by atoms with van der Waals surface area (Å²) in [5, 5.41) is 6.16. The van der Waals surface area contributed by atoms with Crippen molar-refractivity contribution in [2.75, 3.05) is 13.7 Å². The molecule has 0 radical (unpaired) electrons. The summed E-state index contributed by atoms with van der Waals surface area (Å²) in [7, 11) is 1.90. The van der Waals surface area contributed by atoms with Gasteiger partial charge in [0.1, 0.15) is 5.71 Å². The second-order valence-corrected chi connectivity index (χ2v) is 6.43. The number of hydrogen-bond donors (Lipinski definition) is 0. The molecule has 4 nitrogen and oxygen atoms in total. The molecule has 4 heteroatoms. The third-order valence-corrected chi connectivity index (χ3v) is 3.79. The van der Waals surface area contributed by atoms with Crippen molar-refractivity contribution in [2.45, 2.75) is 45.6 Å². The Kier molecular flexibility index (Phi) is 4.35. The van der Waals surface area contributed by atoms with Gasteiger partial charge in [0, 0.05) is 13.5 Å². The zero-order valence-corrected chi connectivity index (χ0v) is 13.5. The van der Waals surface area contributed by atoms with Crippen LogP contribution < -0.4 is 0 Å². The number of esters is 1. The summed E-state index contributed by atoms with van der Waals surface area (Å²) in [4.78, 5) is 11.8. The highest BCUT2D eigenvalue weighted by Gasteiger charge is 2.30. The molecule has 0 amide bonds. The zero-order chi connectivity index (χ0) is 15.6. The van der Waals surface area contributed by atoms with E-state index in [2.05, 4.69) is 50.1 Å². The minimum atomic E-state index is -0.307.